The molecule has 1 atom stereocenters. The molecule has 1 fully saturated rings. The van der Waals surface area contributed by atoms with E-state index in [9.17, 15) is 8.42 Å². The van der Waals surface area contributed by atoms with Crippen molar-refractivity contribution in [2.75, 3.05) is 24.6 Å². The van der Waals surface area contributed by atoms with E-state index >= 15 is 0 Å². The first-order valence-electron chi connectivity index (χ1n) is 6.55. The average molecular weight is 279 g/mol. The highest BCUT2D eigenvalue weighted by molar-refractivity contribution is 7.99. The highest BCUT2D eigenvalue weighted by Gasteiger charge is 2.41. The summed E-state index contributed by atoms with van der Waals surface area (Å²) < 4.78 is 26.5. The predicted molar refractivity (Wildman–Crippen MR) is 76.0 cm³/mol. The molecule has 102 valence electrons. The molecule has 17 heavy (non-hydrogen) atoms. The Hall–Kier alpha value is 0.260. The molecule has 3 nitrogen and oxygen atoms in total. The molecule has 1 heterocycles. The molecule has 0 amide bonds. The summed E-state index contributed by atoms with van der Waals surface area (Å²) in [5, 5.41) is 0. The standard InChI is InChI=1S/C12H25NO2S2/c1-4-6-7-12(3,5-2)17(14,15)13-8-10-16-11-9-13/h4-11H2,1-3H3. The van der Waals surface area contributed by atoms with Gasteiger partial charge in [0.25, 0.3) is 0 Å². The molecule has 0 bridgehead atoms. The molecule has 0 saturated carbocycles. The molecule has 1 rings (SSSR count). The summed E-state index contributed by atoms with van der Waals surface area (Å²) in [7, 11) is -3.13. The fraction of sp³-hybridized carbons (Fsp3) is 1.00. The van der Waals surface area contributed by atoms with Crippen LogP contribution in [0.15, 0.2) is 0 Å². The van der Waals surface area contributed by atoms with Crippen LogP contribution >= 0.6 is 11.8 Å². The number of hydrogen-bond donors (Lipinski definition) is 0. The Labute approximate surface area is 110 Å². The Morgan fingerprint density at radius 1 is 1.24 bits per heavy atom. The van der Waals surface area contributed by atoms with Crippen LogP contribution in [0.5, 0.6) is 0 Å². The molecular weight excluding hydrogens is 254 g/mol. The molecule has 1 aliphatic rings. The van der Waals surface area contributed by atoms with Crippen LogP contribution in [0.25, 0.3) is 0 Å². The molecule has 5 heteroatoms. The third-order valence-corrected chi connectivity index (χ3v) is 7.47. The topological polar surface area (TPSA) is 37.4 Å². The van der Waals surface area contributed by atoms with Crippen LogP contribution in [-0.4, -0.2) is 42.1 Å². The number of sulfonamides is 1. The van der Waals surface area contributed by atoms with Crippen molar-refractivity contribution in [1.29, 1.82) is 0 Å². The van der Waals surface area contributed by atoms with Crippen molar-refractivity contribution in [2.24, 2.45) is 0 Å². The zero-order chi connectivity index (χ0) is 12.9. The van der Waals surface area contributed by atoms with Gasteiger partial charge in [-0.1, -0.05) is 26.7 Å². The van der Waals surface area contributed by atoms with Crippen molar-refractivity contribution in [3.05, 3.63) is 0 Å². The van der Waals surface area contributed by atoms with Crippen molar-refractivity contribution in [3.63, 3.8) is 0 Å². The minimum absolute atomic E-state index is 0.564. The summed E-state index contributed by atoms with van der Waals surface area (Å²) in [6.07, 6.45) is 3.54. The lowest BCUT2D eigenvalue weighted by atomic mass is 10.0. The zero-order valence-electron chi connectivity index (χ0n) is 11.2. The lowest BCUT2D eigenvalue weighted by Crippen LogP contribution is -2.49. The molecule has 0 radical (unpaired) electrons. The molecular formula is C12H25NO2S2. The number of hydrogen-bond acceptors (Lipinski definition) is 3. The minimum atomic E-state index is -3.13. The van der Waals surface area contributed by atoms with E-state index < -0.39 is 14.8 Å². The van der Waals surface area contributed by atoms with Gasteiger partial charge in [0.1, 0.15) is 0 Å². The molecule has 1 unspecified atom stereocenters. The number of thioether (sulfide) groups is 1. The monoisotopic (exact) mass is 279 g/mol. The summed E-state index contributed by atoms with van der Waals surface area (Å²) in [6.45, 7) is 7.40. The van der Waals surface area contributed by atoms with Crippen molar-refractivity contribution in [2.45, 2.75) is 51.2 Å². The van der Waals surface area contributed by atoms with E-state index in [1.54, 1.807) is 4.31 Å². The number of rotatable bonds is 6. The van der Waals surface area contributed by atoms with Crippen LogP contribution < -0.4 is 0 Å². The molecule has 1 aliphatic heterocycles. The van der Waals surface area contributed by atoms with E-state index in [-0.39, 0.29) is 0 Å². The largest absolute Gasteiger partial charge is 0.219 e. The maximum Gasteiger partial charge on any atom is 0.219 e. The van der Waals surface area contributed by atoms with Gasteiger partial charge in [-0.3, -0.25) is 0 Å². The van der Waals surface area contributed by atoms with Gasteiger partial charge >= 0.3 is 0 Å². The van der Waals surface area contributed by atoms with E-state index in [1.807, 2.05) is 25.6 Å². The van der Waals surface area contributed by atoms with Crippen molar-refractivity contribution < 1.29 is 8.42 Å². The normalized spacial score (nSPS) is 22.3. The van der Waals surface area contributed by atoms with Gasteiger partial charge in [0, 0.05) is 24.6 Å². The number of nitrogens with zero attached hydrogens (tertiary/aromatic N) is 1. The number of unbranched alkanes of at least 4 members (excludes halogenated alkanes) is 1. The summed E-state index contributed by atoms with van der Waals surface area (Å²) in [5.41, 5.74) is 0. The molecule has 0 aromatic heterocycles. The van der Waals surface area contributed by atoms with Gasteiger partial charge in [-0.15, -0.1) is 0 Å². The quantitative estimate of drug-likeness (QED) is 0.750. The third-order valence-electron chi connectivity index (χ3n) is 3.74. The van der Waals surface area contributed by atoms with Crippen LogP contribution in [0.1, 0.15) is 46.5 Å². The molecule has 0 N–H and O–H groups in total. The van der Waals surface area contributed by atoms with Crippen LogP contribution in [0, 0.1) is 0 Å². The van der Waals surface area contributed by atoms with Gasteiger partial charge in [0.2, 0.25) is 10.0 Å². The smallest absolute Gasteiger partial charge is 0.212 e. The van der Waals surface area contributed by atoms with Crippen LogP contribution in [0.2, 0.25) is 0 Å². The SMILES string of the molecule is CCCCC(C)(CC)S(=O)(=O)N1CCSCC1. The van der Waals surface area contributed by atoms with Gasteiger partial charge in [0.05, 0.1) is 4.75 Å². The molecule has 0 aromatic rings. The van der Waals surface area contributed by atoms with E-state index in [0.29, 0.717) is 19.5 Å². The molecule has 0 aliphatic carbocycles. The van der Waals surface area contributed by atoms with Gasteiger partial charge in [0.15, 0.2) is 0 Å². The molecule has 1 saturated heterocycles. The maximum atomic E-state index is 12.7. The Bertz CT molecular complexity index is 323. The first-order valence-corrected chi connectivity index (χ1v) is 9.15. The average Bonchev–Trinajstić information content (AvgIpc) is 2.36. The summed E-state index contributed by atoms with van der Waals surface area (Å²) in [4.78, 5) is 0. The van der Waals surface area contributed by atoms with Crippen LogP contribution in [0.3, 0.4) is 0 Å². The lowest BCUT2D eigenvalue weighted by molar-refractivity contribution is 0.393. The summed E-state index contributed by atoms with van der Waals surface area (Å²) in [6, 6.07) is 0. The molecule has 0 spiro atoms. The zero-order valence-corrected chi connectivity index (χ0v) is 12.9. The fourth-order valence-electron chi connectivity index (χ4n) is 2.14. The Kier molecular flexibility index (Phi) is 5.80. The second-order valence-electron chi connectivity index (χ2n) is 4.92. The van der Waals surface area contributed by atoms with Gasteiger partial charge in [-0.25, -0.2) is 8.42 Å². The Morgan fingerprint density at radius 2 is 1.82 bits per heavy atom. The second-order valence-corrected chi connectivity index (χ2v) is 8.60. The van der Waals surface area contributed by atoms with Crippen molar-refractivity contribution in [3.8, 4) is 0 Å². The van der Waals surface area contributed by atoms with Gasteiger partial charge < -0.3 is 0 Å². The minimum Gasteiger partial charge on any atom is -0.212 e. The second kappa shape index (κ2) is 6.43. The Morgan fingerprint density at radius 3 is 2.29 bits per heavy atom. The van der Waals surface area contributed by atoms with Crippen molar-refractivity contribution >= 4 is 21.8 Å². The highest BCUT2D eigenvalue weighted by Crippen LogP contribution is 2.31. The first kappa shape index (κ1) is 15.3. The van der Waals surface area contributed by atoms with Crippen molar-refractivity contribution in [1.82, 2.24) is 4.31 Å². The van der Waals surface area contributed by atoms with E-state index in [1.165, 1.54) is 0 Å². The van der Waals surface area contributed by atoms with Gasteiger partial charge in [-0.2, -0.15) is 16.1 Å². The van der Waals surface area contributed by atoms with Crippen LogP contribution in [-0.2, 0) is 10.0 Å². The summed E-state index contributed by atoms with van der Waals surface area (Å²) in [5.74, 6) is 1.87. The van der Waals surface area contributed by atoms with Gasteiger partial charge in [-0.05, 0) is 19.8 Å². The summed E-state index contributed by atoms with van der Waals surface area (Å²) >= 11 is 1.84. The third kappa shape index (κ3) is 3.38. The Balaban J connectivity index is 2.83. The maximum absolute atomic E-state index is 12.7. The fourth-order valence-corrected chi connectivity index (χ4v) is 5.33. The highest BCUT2D eigenvalue weighted by atomic mass is 32.2. The van der Waals surface area contributed by atoms with E-state index in [4.69, 9.17) is 0 Å². The van der Waals surface area contributed by atoms with E-state index in [2.05, 4.69) is 6.92 Å². The van der Waals surface area contributed by atoms with E-state index in [0.717, 1.165) is 30.8 Å². The lowest BCUT2D eigenvalue weighted by Gasteiger charge is -2.36. The van der Waals surface area contributed by atoms with Crippen LogP contribution in [0.4, 0.5) is 0 Å². The molecule has 0 aromatic carbocycles. The predicted octanol–water partition coefficient (Wildman–Crippen LogP) is 2.72. The first-order chi connectivity index (χ1) is 7.98.